The Kier molecular flexibility index (Phi) is 3.30. The van der Waals surface area contributed by atoms with Crippen LogP contribution in [0, 0.1) is 11.6 Å². The molecule has 0 amide bonds. The van der Waals surface area contributed by atoms with Crippen molar-refractivity contribution in [3.05, 3.63) is 70.8 Å². The van der Waals surface area contributed by atoms with Gasteiger partial charge in [0.1, 0.15) is 0 Å². The second-order valence-electron chi connectivity index (χ2n) is 5.47. The summed E-state index contributed by atoms with van der Waals surface area (Å²) in [4.78, 5) is 0. The maximum Gasteiger partial charge on any atom is 0.159 e. The molecule has 0 fully saturated rings. The molecule has 20 heavy (non-hydrogen) atoms. The van der Waals surface area contributed by atoms with Crippen molar-refractivity contribution in [3.8, 4) is 0 Å². The van der Waals surface area contributed by atoms with E-state index >= 15 is 0 Å². The van der Waals surface area contributed by atoms with Gasteiger partial charge < -0.3 is 5.11 Å². The lowest BCUT2D eigenvalue weighted by Gasteiger charge is -2.34. The highest BCUT2D eigenvalue weighted by atomic mass is 19.2. The normalized spacial score (nSPS) is 21.6. The van der Waals surface area contributed by atoms with Gasteiger partial charge in [0.15, 0.2) is 11.6 Å². The number of aliphatic hydroxyl groups is 1. The van der Waals surface area contributed by atoms with Gasteiger partial charge in [0.05, 0.1) is 5.60 Å². The van der Waals surface area contributed by atoms with Crippen LogP contribution >= 0.6 is 0 Å². The summed E-state index contributed by atoms with van der Waals surface area (Å²) in [5, 5.41) is 10.9. The highest BCUT2D eigenvalue weighted by molar-refractivity contribution is 5.36. The summed E-state index contributed by atoms with van der Waals surface area (Å²) in [6.45, 7) is 0. The fourth-order valence-electron chi connectivity index (χ4n) is 3.07. The Morgan fingerprint density at radius 1 is 1.05 bits per heavy atom. The van der Waals surface area contributed by atoms with Crippen LogP contribution < -0.4 is 0 Å². The van der Waals surface area contributed by atoms with Crippen LogP contribution in [0.3, 0.4) is 0 Å². The summed E-state index contributed by atoms with van der Waals surface area (Å²) in [7, 11) is 0. The predicted octanol–water partition coefficient (Wildman–Crippen LogP) is 3.73. The highest BCUT2D eigenvalue weighted by Gasteiger charge is 2.34. The monoisotopic (exact) mass is 274 g/mol. The molecule has 0 heterocycles. The van der Waals surface area contributed by atoms with Gasteiger partial charge >= 0.3 is 0 Å². The van der Waals surface area contributed by atoms with Crippen LogP contribution in [0.25, 0.3) is 0 Å². The molecule has 3 heteroatoms. The quantitative estimate of drug-likeness (QED) is 0.884. The SMILES string of the molecule is OC1(Cc2ccc(F)c(F)c2)CCCc2ccccc21. The van der Waals surface area contributed by atoms with Crippen LogP contribution in [-0.4, -0.2) is 5.11 Å². The summed E-state index contributed by atoms with van der Waals surface area (Å²) in [5.41, 5.74) is 1.68. The molecule has 2 aromatic carbocycles. The number of benzene rings is 2. The van der Waals surface area contributed by atoms with E-state index in [-0.39, 0.29) is 0 Å². The van der Waals surface area contributed by atoms with E-state index in [2.05, 4.69) is 0 Å². The maximum atomic E-state index is 13.3. The van der Waals surface area contributed by atoms with Crippen molar-refractivity contribution < 1.29 is 13.9 Å². The van der Waals surface area contributed by atoms with E-state index in [1.807, 2.05) is 24.3 Å². The summed E-state index contributed by atoms with van der Waals surface area (Å²) in [5.74, 6) is -1.72. The number of fused-ring (bicyclic) bond motifs is 1. The summed E-state index contributed by atoms with van der Waals surface area (Å²) in [6.07, 6.45) is 2.80. The van der Waals surface area contributed by atoms with Crippen molar-refractivity contribution >= 4 is 0 Å². The van der Waals surface area contributed by atoms with Gasteiger partial charge in [0.2, 0.25) is 0 Å². The summed E-state index contributed by atoms with van der Waals surface area (Å²) in [6, 6.07) is 11.6. The zero-order valence-corrected chi connectivity index (χ0v) is 11.1. The van der Waals surface area contributed by atoms with Gasteiger partial charge in [0, 0.05) is 6.42 Å². The van der Waals surface area contributed by atoms with Crippen LogP contribution in [-0.2, 0) is 18.4 Å². The van der Waals surface area contributed by atoms with Crippen molar-refractivity contribution in [2.75, 3.05) is 0 Å². The largest absolute Gasteiger partial charge is 0.385 e. The lowest BCUT2D eigenvalue weighted by atomic mass is 9.76. The van der Waals surface area contributed by atoms with Crippen molar-refractivity contribution in [1.82, 2.24) is 0 Å². The Morgan fingerprint density at radius 3 is 2.65 bits per heavy atom. The topological polar surface area (TPSA) is 20.2 Å². The number of hydrogen-bond acceptors (Lipinski definition) is 1. The van der Waals surface area contributed by atoms with E-state index in [0.29, 0.717) is 18.4 Å². The molecule has 104 valence electrons. The molecule has 0 spiro atoms. The molecule has 1 aliphatic rings. The van der Waals surface area contributed by atoms with E-state index in [0.717, 1.165) is 30.0 Å². The number of rotatable bonds is 2. The number of aryl methyl sites for hydroxylation is 1. The number of halogens is 2. The van der Waals surface area contributed by atoms with Gasteiger partial charge in [-0.2, -0.15) is 0 Å². The van der Waals surface area contributed by atoms with Gasteiger partial charge in [-0.05, 0) is 48.1 Å². The average molecular weight is 274 g/mol. The first-order valence-electron chi connectivity index (χ1n) is 6.83. The van der Waals surface area contributed by atoms with Gasteiger partial charge in [-0.25, -0.2) is 8.78 Å². The molecular formula is C17H16F2O. The molecule has 2 aromatic rings. The Bertz CT molecular complexity index is 639. The Morgan fingerprint density at radius 2 is 1.85 bits per heavy atom. The lowest BCUT2D eigenvalue weighted by molar-refractivity contribution is 0.0190. The molecule has 0 aliphatic heterocycles. The van der Waals surface area contributed by atoms with Crippen molar-refractivity contribution in [1.29, 1.82) is 0 Å². The first kappa shape index (κ1) is 13.3. The molecular weight excluding hydrogens is 258 g/mol. The second-order valence-corrected chi connectivity index (χ2v) is 5.47. The molecule has 3 rings (SSSR count). The minimum atomic E-state index is -0.987. The van der Waals surface area contributed by atoms with Crippen molar-refractivity contribution in [2.45, 2.75) is 31.3 Å². The first-order chi connectivity index (χ1) is 9.58. The molecule has 0 saturated heterocycles. The third-order valence-corrected chi connectivity index (χ3v) is 4.04. The van der Waals surface area contributed by atoms with E-state index in [1.54, 1.807) is 0 Å². The van der Waals surface area contributed by atoms with Crippen LogP contribution in [0.1, 0.15) is 29.5 Å². The Labute approximate surface area is 116 Å². The van der Waals surface area contributed by atoms with Gasteiger partial charge in [-0.3, -0.25) is 0 Å². The van der Waals surface area contributed by atoms with Gasteiger partial charge in [-0.1, -0.05) is 30.3 Å². The molecule has 1 atom stereocenters. The van der Waals surface area contributed by atoms with Crippen LogP contribution in [0.4, 0.5) is 8.78 Å². The third kappa shape index (κ3) is 2.34. The third-order valence-electron chi connectivity index (χ3n) is 4.04. The molecule has 0 saturated carbocycles. The lowest BCUT2D eigenvalue weighted by Crippen LogP contribution is -2.33. The Balaban J connectivity index is 1.95. The minimum Gasteiger partial charge on any atom is -0.385 e. The molecule has 0 bridgehead atoms. The van der Waals surface area contributed by atoms with Crippen LogP contribution in [0.15, 0.2) is 42.5 Å². The van der Waals surface area contributed by atoms with Crippen molar-refractivity contribution in [3.63, 3.8) is 0 Å². The van der Waals surface area contributed by atoms with Gasteiger partial charge in [-0.15, -0.1) is 0 Å². The first-order valence-corrected chi connectivity index (χ1v) is 6.83. The molecule has 0 aromatic heterocycles. The number of hydrogen-bond donors (Lipinski definition) is 1. The molecule has 1 unspecified atom stereocenters. The van der Waals surface area contributed by atoms with E-state index in [1.165, 1.54) is 12.1 Å². The maximum absolute atomic E-state index is 13.3. The summed E-state index contributed by atoms with van der Waals surface area (Å²) >= 11 is 0. The minimum absolute atomic E-state index is 0.307. The van der Waals surface area contributed by atoms with Crippen LogP contribution in [0.2, 0.25) is 0 Å². The second kappa shape index (κ2) is 4.98. The molecule has 0 radical (unpaired) electrons. The zero-order valence-electron chi connectivity index (χ0n) is 11.1. The van der Waals surface area contributed by atoms with Crippen molar-refractivity contribution in [2.24, 2.45) is 0 Å². The van der Waals surface area contributed by atoms with E-state index in [9.17, 15) is 13.9 Å². The molecule has 1 N–H and O–H groups in total. The van der Waals surface area contributed by atoms with E-state index in [4.69, 9.17) is 0 Å². The standard InChI is InChI=1S/C17H16F2O/c18-15-8-7-12(10-16(15)19)11-17(20)9-3-5-13-4-1-2-6-14(13)17/h1-2,4,6-8,10,20H,3,5,9,11H2. The van der Waals surface area contributed by atoms with Gasteiger partial charge in [0.25, 0.3) is 0 Å². The Hall–Kier alpha value is -1.74. The predicted molar refractivity (Wildman–Crippen MR) is 73.3 cm³/mol. The smallest absolute Gasteiger partial charge is 0.159 e. The molecule has 1 nitrogen and oxygen atoms in total. The fraction of sp³-hybridized carbons (Fsp3) is 0.294. The highest BCUT2D eigenvalue weighted by Crippen LogP contribution is 2.37. The average Bonchev–Trinajstić information content (AvgIpc) is 2.43. The van der Waals surface area contributed by atoms with E-state index < -0.39 is 17.2 Å². The summed E-state index contributed by atoms with van der Waals surface area (Å²) < 4.78 is 26.3. The van der Waals surface area contributed by atoms with Crippen LogP contribution in [0.5, 0.6) is 0 Å². The molecule has 1 aliphatic carbocycles. The zero-order chi connectivity index (χ0) is 14.2. The fourth-order valence-corrected chi connectivity index (χ4v) is 3.07.